The van der Waals surface area contributed by atoms with Crippen LogP contribution in [-0.2, 0) is 17.6 Å². The first-order chi connectivity index (χ1) is 8.42. The molecule has 0 spiro atoms. The lowest BCUT2D eigenvalue weighted by molar-refractivity contribution is 0.192. The van der Waals surface area contributed by atoms with Gasteiger partial charge in [0.25, 0.3) is 0 Å². The van der Waals surface area contributed by atoms with Crippen LogP contribution in [0.3, 0.4) is 0 Å². The Kier molecular flexibility index (Phi) is 2.92. The third-order valence-corrected chi connectivity index (χ3v) is 2.99. The first-order valence-corrected chi connectivity index (χ1v) is 5.83. The van der Waals surface area contributed by atoms with Crippen LogP contribution in [-0.4, -0.2) is 23.4 Å². The molecule has 3 heterocycles. The van der Waals surface area contributed by atoms with Crippen LogP contribution in [0.15, 0.2) is 27.5 Å². The van der Waals surface area contributed by atoms with E-state index in [1.165, 1.54) is 0 Å². The Labute approximate surface area is 98.8 Å². The number of aromatic nitrogens is 2. The summed E-state index contributed by atoms with van der Waals surface area (Å²) < 4.78 is 15.5. The molecule has 0 amide bonds. The van der Waals surface area contributed by atoms with Crippen molar-refractivity contribution in [2.45, 2.75) is 25.2 Å². The summed E-state index contributed by atoms with van der Waals surface area (Å²) in [5, 5.41) is 4.01. The third kappa shape index (κ3) is 2.39. The van der Waals surface area contributed by atoms with Crippen LogP contribution < -0.4 is 0 Å². The van der Waals surface area contributed by atoms with Gasteiger partial charge in [-0.05, 0) is 24.5 Å². The maximum absolute atomic E-state index is 5.31. The summed E-state index contributed by atoms with van der Waals surface area (Å²) in [7, 11) is 0. The molecule has 0 radical (unpaired) electrons. The molecule has 1 unspecified atom stereocenters. The first kappa shape index (κ1) is 10.5. The molecule has 1 saturated heterocycles. The van der Waals surface area contributed by atoms with E-state index < -0.39 is 0 Å². The number of ether oxygens (including phenoxy) is 1. The zero-order valence-corrected chi connectivity index (χ0v) is 9.46. The summed E-state index contributed by atoms with van der Waals surface area (Å²) in [4.78, 5) is 4.40. The van der Waals surface area contributed by atoms with Gasteiger partial charge >= 0.3 is 0 Å². The van der Waals surface area contributed by atoms with E-state index in [9.17, 15) is 0 Å². The Bertz CT molecular complexity index is 458. The van der Waals surface area contributed by atoms with Crippen molar-refractivity contribution in [3.63, 3.8) is 0 Å². The van der Waals surface area contributed by atoms with Gasteiger partial charge in [0, 0.05) is 18.9 Å². The number of rotatable bonds is 4. The average molecular weight is 234 g/mol. The van der Waals surface area contributed by atoms with E-state index in [0.717, 1.165) is 37.3 Å². The fourth-order valence-corrected chi connectivity index (χ4v) is 1.96. The molecule has 3 rings (SSSR count). The summed E-state index contributed by atoms with van der Waals surface area (Å²) in [5.41, 5.74) is 1.15. The van der Waals surface area contributed by atoms with E-state index in [0.29, 0.717) is 18.4 Å². The molecule has 5 nitrogen and oxygen atoms in total. The van der Waals surface area contributed by atoms with Crippen molar-refractivity contribution in [3.05, 3.63) is 35.9 Å². The molecule has 1 aliphatic heterocycles. The number of nitrogens with zero attached hydrogens (tertiary/aromatic N) is 2. The molecular weight excluding hydrogens is 220 g/mol. The Hall–Kier alpha value is -1.62. The average Bonchev–Trinajstić information content (AvgIpc) is 3.09. The summed E-state index contributed by atoms with van der Waals surface area (Å²) >= 11 is 0. The third-order valence-electron chi connectivity index (χ3n) is 2.99. The topological polar surface area (TPSA) is 61.3 Å². The van der Waals surface area contributed by atoms with Gasteiger partial charge in [-0.25, -0.2) is 0 Å². The van der Waals surface area contributed by atoms with Gasteiger partial charge < -0.3 is 13.7 Å². The van der Waals surface area contributed by atoms with Gasteiger partial charge in [0.2, 0.25) is 5.89 Å². The highest BCUT2D eigenvalue weighted by molar-refractivity contribution is 5.07. The molecule has 0 bridgehead atoms. The minimum absolute atomic E-state index is 0.307. The van der Waals surface area contributed by atoms with Crippen LogP contribution >= 0.6 is 0 Å². The van der Waals surface area contributed by atoms with Crippen LogP contribution in [0.2, 0.25) is 0 Å². The van der Waals surface area contributed by atoms with Crippen molar-refractivity contribution in [1.82, 2.24) is 10.1 Å². The Morgan fingerprint density at radius 1 is 1.35 bits per heavy atom. The van der Waals surface area contributed by atoms with E-state index in [-0.39, 0.29) is 0 Å². The molecule has 0 saturated carbocycles. The highest BCUT2D eigenvalue weighted by Gasteiger charge is 2.22. The molecule has 1 atom stereocenters. The van der Waals surface area contributed by atoms with Crippen LogP contribution in [0.5, 0.6) is 0 Å². The fourth-order valence-electron chi connectivity index (χ4n) is 1.96. The van der Waals surface area contributed by atoms with Crippen molar-refractivity contribution in [3.8, 4) is 0 Å². The van der Waals surface area contributed by atoms with Gasteiger partial charge in [-0.15, -0.1) is 0 Å². The summed E-state index contributed by atoms with van der Waals surface area (Å²) in [5.74, 6) is 1.78. The van der Waals surface area contributed by atoms with E-state index in [4.69, 9.17) is 13.7 Å². The lowest BCUT2D eigenvalue weighted by Crippen LogP contribution is -2.00. The zero-order chi connectivity index (χ0) is 11.5. The van der Waals surface area contributed by atoms with Crippen molar-refractivity contribution in [2.75, 3.05) is 13.2 Å². The SMILES string of the molecule is c1cc(CCc2nc(C3CCOC3)no2)co1. The van der Waals surface area contributed by atoms with Crippen molar-refractivity contribution < 1.29 is 13.7 Å². The molecule has 1 fully saturated rings. The normalized spacial score (nSPS) is 19.9. The number of hydrogen-bond acceptors (Lipinski definition) is 5. The maximum atomic E-state index is 5.31. The lowest BCUT2D eigenvalue weighted by atomic mass is 10.1. The van der Waals surface area contributed by atoms with Gasteiger partial charge in [0.1, 0.15) is 0 Å². The minimum Gasteiger partial charge on any atom is -0.472 e. The van der Waals surface area contributed by atoms with Gasteiger partial charge in [0.15, 0.2) is 5.82 Å². The molecule has 0 aliphatic carbocycles. The first-order valence-electron chi connectivity index (χ1n) is 5.83. The van der Waals surface area contributed by atoms with Crippen LogP contribution in [0.1, 0.15) is 29.6 Å². The molecule has 2 aromatic rings. The van der Waals surface area contributed by atoms with E-state index in [2.05, 4.69) is 10.1 Å². The molecular formula is C12H14N2O3. The van der Waals surface area contributed by atoms with E-state index in [1.807, 2.05) is 6.07 Å². The second-order valence-electron chi connectivity index (χ2n) is 4.24. The largest absolute Gasteiger partial charge is 0.472 e. The standard InChI is InChI=1S/C12H14N2O3/c1(9-3-5-15-7-9)2-11-13-12(14-17-11)10-4-6-16-8-10/h3,5,7,10H,1-2,4,6,8H2. The highest BCUT2D eigenvalue weighted by atomic mass is 16.5. The monoisotopic (exact) mass is 234 g/mol. The molecule has 2 aromatic heterocycles. The summed E-state index contributed by atoms with van der Waals surface area (Å²) in [6.07, 6.45) is 6.01. The second-order valence-corrected chi connectivity index (χ2v) is 4.24. The molecule has 0 aromatic carbocycles. The highest BCUT2D eigenvalue weighted by Crippen LogP contribution is 2.22. The zero-order valence-electron chi connectivity index (χ0n) is 9.46. The van der Waals surface area contributed by atoms with Gasteiger partial charge in [-0.3, -0.25) is 0 Å². The lowest BCUT2D eigenvalue weighted by Gasteiger charge is -1.97. The smallest absolute Gasteiger partial charge is 0.226 e. The second kappa shape index (κ2) is 4.71. The van der Waals surface area contributed by atoms with Crippen molar-refractivity contribution in [2.24, 2.45) is 0 Å². The number of aryl methyl sites for hydroxylation is 2. The molecule has 0 N–H and O–H groups in total. The molecule has 90 valence electrons. The molecule has 1 aliphatic rings. The predicted molar refractivity (Wildman–Crippen MR) is 58.6 cm³/mol. The van der Waals surface area contributed by atoms with Crippen LogP contribution in [0, 0.1) is 0 Å². The van der Waals surface area contributed by atoms with Gasteiger partial charge in [0.05, 0.1) is 19.1 Å². The van der Waals surface area contributed by atoms with E-state index >= 15 is 0 Å². The number of furan rings is 1. The van der Waals surface area contributed by atoms with E-state index in [1.54, 1.807) is 12.5 Å². The predicted octanol–water partition coefficient (Wildman–Crippen LogP) is 1.95. The quantitative estimate of drug-likeness (QED) is 0.809. The van der Waals surface area contributed by atoms with Crippen LogP contribution in [0.25, 0.3) is 0 Å². The van der Waals surface area contributed by atoms with Gasteiger partial charge in [-0.1, -0.05) is 5.16 Å². The van der Waals surface area contributed by atoms with Crippen molar-refractivity contribution in [1.29, 1.82) is 0 Å². The maximum Gasteiger partial charge on any atom is 0.226 e. The molecule has 17 heavy (non-hydrogen) atoms. The Morgan fingerprint density at radius 3 is 3.12 bits per heavy atom. The summed E-state index contributed by atoms with van der Waals surface area (Å²) in [6, 6.07) is 1.95. The Morgan fingerprint density at radius 2 is 2.35 bits per heavy atom. The Balaban J connectivity index is 1.60. The molecule has 5 heteroatoms. The number of hydrogen-bond donors (Lipinski definition) is 0. The summed E-state index contributed by atoms with van der Waals surface area (Å²) in [6.45, 7) is 1.50. The van der Waals surface area contributed by atoms with Gasteiger partial charge in [-0.2, -0.15) is 4.98 Å². The fraction of sp³-hybridized carbons (Fsp3) is 0.500. The van der Waals surface area contributed by atoms with Crippen LogP contribution in [0.4, 0.5) is 0 Å². The van der Waals surface area contributed by atoms with Crippen molar-refractivity contribution >= 4 is 0 Å². The minimum atomic E-state index is 0.307.